The quantitative estimate of drug-likeness (QED) is 0.883. The van der Waals surface area contributed by atoms with Crippen molar-refractivity contribution in [3.8, 4) is 0 Å². The van der Waals surface area contributed by atoms with Gasteiger partial charge in [-0.15, -0.1) is 0 Å². The average Bonchev–Trinajstić information content (AvgIpc) is 2.93. The summed E-state index contributed by atoms with van der Waals surface area (Å²) in [5, 5.41) is 0. The van der Waals surface area contributed by atoms with Crippen LogP contribution in [0, 0.1) is 0 Å². The molecule has 1 aromatic heterocycles. The van der Waals surface area contributed by atoms with Gasteiger partial charge in [-0.05, 0) is 24.6 Å². The molecule has 1 aromatic carbocycles. The number of hydrogen-bond donors (Lipinski definition) is 2. The lowest BCUT2D eigenvalue weighted by molar-refractivity contribution is -0.132. The molecule has 1 fully saturated rings. The summed E-state index contributed by atoms with van der Waals surface area (Å²) in [5.74, 6) is 0.0856. The average molecular weight is 316 g/mol. The second kappa shape index (κ2) is 6.28. The third-order valence-corrected chi connectivity index (χ3v) is 4.15. The van der Waals surface area contributed by atoms with E-state index in [4.69, 9.17) is 0 Å². The van der Waals surface area contributed by atoms with Gasteiger partial charge < -0.3 is 19.8 Å². The third kappa shape index (κ3) is 3.13. The van der Waals surface area contributed by atoms with Crippen LogP contribution in [0.2, 0.25) is 0 Å². The van der Waals surface area contributed by atoms with Crippen molar-refractivity contribution in [3.05, 3.63) is 34.2 Å². The molecule has 0 saturated carbocycles. The first kappa shape index (κ1) is 15.3. The first-order valence-electron chi connectivity index (χ1n) is 7.87. The highest BCUT2D eigenvalue weighted by molar-refractivity contribution is 5.97. The monoisotopic (exact) mass is 316 g/mol. The molecule has 23 heavy (non-hydrogen) atoms. The van der Waals surface area contributed by atoms with Crippen LogP contribution >= 0.6 is 0 Å². The summed E-state index contributed by atoms with van der Waals surface area (Å²) >= 11 is 0. The number of carbonyl (C=O) groups excluding carboxylic acids is 2. The lowest BCUT2D eigenvalue weighted by Gasteiger charge is -2.34. The number of rotatable bonds is 3. The second-order valence-corrected chi connectivity index (χ2v) is 5.76. The van der Waals surface area contributed by atoms with Crippen LogP contribution < -0.4 is 5.69 Å². The van der Waals surface area contributed by atoms with Gasteiger partial charge in [-0.1, -0.05) is 6.92 Å². The fourth-order valence-electron chi connectivity index (χ4n) is 2.88. The van der Waals surface area contributed by atoms with Crippen molar-refractivity contribution in [1.29, 1.82) is 0 Å². The second-order valence-electron chi connectivity index (χ2n) is 5.76. The van der Waals surface area contributed by atoms with E-state index in [0.29, 0.717) is 49.2 Å². The topological polar surface area (TPSA) is 89.3 Å². The molecule has 1 aliphatic rings. The number of benzene rings is 1. The molecule has 2 aromatic rings. The van der Waals surface area contributed by atoms with Gasteiger partial charge in [0, 0.05) is 38.2 Å². The molecule has 7 heteroatoms. The van der Waals surface area contributed by atoms with Crippen LogP contribution in [0.1, 0.15) is 30.1 Å². The van der Waals surface area contributed by atoms with Gasteiger partial charge in [0.25, 0.3) is 5.91 Å². The maximum Gasteiger partial charge on any atom is 0.323 e. The molecule has 1 aliphatic heterocycles. The van der Waals surface area contributed by atoms with E-state index in [-0.39, 0.29) is 17.5 Å². The Balaban J connectivity index is 1.68. The van der Waals surface area contributed by atoms with Crippen molar-refractivity contribution >= 4 is 22.8 Å². The zero-order chi connectivity index (χ0) is 16.4. The van der Waals surface area contributed by atoms with Gasteiger partial charge in [0.1, 0.15) is 0 Å². The number of hydrogen-bond acceptors (Lipinski definition) is 3. The number of amides is 2. The number of imidazole rings is 1. The van der Waals surface area contributed by atoms with Gasteiger partial charge in [-0.25, -0.2) is 4.79 Å². The van der Waals surface area contributed by atoms with Gasteiger partial charge in [0.2, 0.25) is 5.91 Å². The highest BCUT2D eigenvalue weighted by atomic mass is 16.2. The summed E-state index contributed by atoms with van der Waals surface area (Å²) in [5.41, 5.74) is 1.56. The summed E-state index contributed by atoms with van der Waals surface area (Å²) in [6.45, 7) is 4.22. The van der Waals surface area contributed by atoms with E-state index in [0.717, 1.165) is 6.42 Å². The Morgan fingerprint density at radius 2 is 1.70 bits per heavy atom. The fraction of sp³-hybridized carbons (Fsp3) is 0.438. The van der Waals surface area contributed by atoms with E-state index in [1.807, 2.05) is 11.8 Å². The minimum atomic E-state index is -0.285. The van der Waals surface area contributed by atoms with E-state index in [9.17, 15) is 14.4 Å². The van der Waals surface area contributed by atoms with E-state index in [1.165, 1.54) is 0 Å². The van der Waals surface area contributed by atoms with Crippen LogP contribution in [-0.4, -0.2) is 57.8 Å². The molecule has 3 rings (SSSR count). The Morgan fingerprint density at radius 3 is 2.39 bits per heavy atom. The third-order valence-electron chi connectivity index (χ3n) is 4.15. The Bertz CT molecular complexity index is 784. The Morgan fingerprint density at radius 1 is 1.04 bits per heavy atom. The van der Waals surface area contributed by atoms with Crippen molar-refractivity contribution < 1.29 is 9.59 Å². The highest BCUT2D eigenvalue weighted by Gasteiger charge is 2.24. The maximum absolute atomic E-state index is 12.6. The normalized spacial score (nSPS) is 15.2. The number of fused-ring (bicyclic) bond motifs is 1. The van der Waals surface area contributed by atoms with Crippen LogP contribution in [0.25, 0.3) is 11.0 Å². The number of aromatic amines is 2. The predicted molar refractivity (Wildman–Crippen MR) is 86.3 cm³/mol. The zero-order valence-electron chi connectivity index (χ0n) is 13.1. The van der Waals surface area contributed by atoms with Crippen molar-refractivity contribution in [2.45, 2.75) is 19.8 Å². The van der Waals surface area contributed by atoms with Crippen molar-refractivity contribution in [2.75, 3.05) is 26.2 Å². The summed E-state index contributed by atoms with van der Waals surface area (Å²) < 4.78 is 0. The van der Waals surface area contributed by atoms with Gasteiger partial charge >= 0.3 is 5.69 Å². The number of H-pyrrole nitrogens is 2. The van der Waals surface area contributed by atoms with E-state index in [1.54, 1.807) is 23.1 Å². The molecule has 0 aliphatic carbocycles. The summed E-state index contributed by atoms with van der Waals surface area (Å²) in [6, 6.07) is 5.12. The molecule has 0 spiro atoms. The molecule has 122 valence electrons. The molecule has 0 radical (unpaired) electrons. The molecular weight excluding hydrogens is 296 g/mol. The highest BCUT2D eigenvalue weighted by Crippen LogP contribution is 2.14. The van der Waals surface area contributed by atoms with E-state index < -0.39 is 0 Å². The lowest BCUT2D eigenvalue weighted by Crippen LogP contribution is -2.50. The zero-order valence-corrected chi connectivity index (χ0v) is 13.1. The minimum absolute atomic E-state index is 0.0726. The smallest absolute Gasteiger partial charge is 0.323 e. The van der Waals surface area contributed by atoms with Crippen molar-refractivity contribution in [2.24, 2.45) is 0 Å². The van der Waals surface area contributed by atoms with Gasteiger partial charge in [-0.2, -0.15) is 0 Å². The molecule has 7 nitrogen and oxygen atoms in total. The first-order valence-corrected chi connectivity index (χ1v) is 7.87. The fourth-order valence-corrected chi connectivity index (χ4v) is 2.88. The Labute approximate surface area is 133 Å². The molecule has 0 unspecified atom stereocenters. The standard InChI is InChI=1S/C16H20N4O3/c1-2-3-14(21)19-6-8-20(9-7-19)15(22)11-4-5-12-13(10-11)18-16(23)17-12/h4-5,10H,2-3,6-9H2,1H3,(H2,17,18,23). The van der Waals surface area contributed by atoms with Gasteiger partial charge in [0.15, 0.2) is 0 Å². The first-order chi connectivity index (χ1) is 11.1. The van der Waals surface area contributed by atoms with Crippen LogP contribution in [0.15, 0.2) is 23.0 Å². The van der Waals surface area contributed by atoms with Gasteiger partial charge in [-0.3, -0.25) is 9.59 Å². The van der Waals surface area contributed by atoms with Gasteiger partial charge in [0.05, 0.1) is 11.0 Å². The van der Waals surface area contributed by atoms with Crippen molar-refractivity contribution in [3.63, 3.8) is 0 Å². The summed E-state index contributed by atoms with van der Waals surface area (Å²) in [6.07, 6.45) is 1.40. The molecule has 2 amide bonds. The van der Waals surface area contributed by atoms with Crippen LogP contribution in [0.4, 0.5) is 0 Å². The van der Waals surface area contributed by atoms with Crippen LogP contribution in [-0.2, 0) is 4.79 Å². The number of nitrogens with zero attached hydrogens (tertiary/aromatic N) is 2. The maximum atomic E-state index is 12.6. The lowest BCUT2D eigenvalue weighted by atomic mass is 10.1. The molecular formula is C16H20N4O3. The molecule has 0 atom stereocenters. The minimum Gasteiger partial charge on any atom is -0.339 e. The SMILES string of the molecule is CCCC(=O)N1CCN(C(=O)c2ccc3[nH]c(=O)[nH]c3c2)CC1. The molecule has 1 saturated heterocycles. The van der Waals surface area contributed by atoms with Crippen LogP contribution in [0.5, 0.6) is 0 Å². The van der Waals surface area contributed by atoms with E-state index >= 15 is 0 Å². The number of piperazine rings is 1. The summed E-state index contributed by atoms with van der Waals surface area (Å²) in [4.78, 5) is 44.6. The molecule has 0 bridgehead atoms. The number of aromatic nitrogens is 2. The van der Waals surface area contributed by atoms with Crippen molar-refractivity contribution in [1.82, 2.24) is 19.8 Å². The molecule has 2 heterocycles. The predicted octanol–water partition coefficient (Wildman–Crippen LogP) is 0.941. The number of nitrogens with one attached hydrogen (secondary N) is 2. The Kier molecular flexibility index (Phi) is 4.18. The largest absolute Gasteiger partial charge is 0.339 e. The molecule has 2 N–H and O–H groups in total. The number of carbonyl (C=O) groups is 2. The van der Waals surface area contributed by atoms with E-state index in [2.05, 4.69) is 9.97 Å². The Hall–Kier alpha value is -2.57. The summed E-state index contributed by atoms with van der Waals surface area (Å²) in [7, 11) is 0. The van der Waals surface area contributed by atoms with Crippen LogP contribution in [0.3, 0.4) is 0 Å².